The highest BCUT2D eigenvalue weighted by Crippen LogP contribution is 2.67. The lowest BCUT2D eigenvalue weighted by molar-refractivity contribution is -0.176. The zero-order chi connectivity index (χ0) is 21.2. The van der Waals surface area contributed by atoms with Gasteiger partial charge in [0.2, 0.25) is 0 Å². The van der Waals surface area contributed by atoms with Gasteiger partial charge in [-0.3, -0.25) is 14.4 Å². The summed E-state index contributed by atoms with van der Waals surface area (Å²) < 4.78 is 0. The van der Waals surface area contributed by atoms with Gasteiger partial charge in [-0.1, -0.05) is 19.4 Å². The average Bonchev–Trinajstić information content (AvgIpc) is 2.97. The van der Waals surface area contributed by atoms with Crippen molar-refractivity contribution in [2.75, 3.05) is 6.61 Å². The Balaban J connectivity index is 1.80. The highest BCUT2D eigenvalue weighted by atomic mass is 16.3. The topological polar surface area (TPSA) is 112 Å². The quantitative estimate of drug-likeness (QED) is 0.658. The number of hydrogen-bond acceptors (Lipinski definition) is 6. The molecule has 0 aliphatic heterocycles. The van der Waals surface area contributed by atoms with Crippen LogP contribution < -0.4 is 0 Å². The summed E-state index contributed by atoms with van der Waals surface area (Å²) in [6.07, 6.45) is 4.65. The first-order valence-corrected chi connectivity index (χ1v) is 11.0. The highest BCUT2D eigenvalue weighted by Gasteiger charge is 2.69. The van der Waals surface area contributed by atoms with Gasteiger partial charge in [0, 0.05) is 29.6 Å². The van der Waals surface area contributed by atoms with Crippen LogP contribution in [0.4, 0.5) is 0 Å². The van der Waals surface area contributed by atoms with E-state index in [1.807, 2.05) is 13.8 Å². The number of fused-ring (bicyclic) bond motifs is 5. The summed E-state index contributed by atoms with van der Waals surface area (Å²) in [4.78, 5) is 38.2. The molecule has 0 aromatic rings. The van der Waals surface area contributed by atoms with Crippen molar-refractivity contribution in [1.29, 1.82) is 0 Å². The van der Waals surface area contributed by atoms with E-state index in [-0.39, 0.29) is 42.2 Å². The molecule has 4 rings (SSSR count). The predicted molar refractivity (Wildman–Crippen MR) is 105 cm³/mol. The zero-order valence-corrected chi connectivity index (χ0v) is 17.3. The molecule has 6 nitrogen and oxygen atoms in total. The molecule has 0 aromatic carbocycles. The van der Waals surface area contributed by atoms with E-state index in [4.69, 9.17) is 0 Å². The molecule has 0 saturated heterocycles. The Bertz CT molecular complexity index is 786. The number of carbonyl (C=O) groups is 3. The van der Waals surface area contributed by atoms with E-state index in [1.165, 1.54) is 0 Å². The molecule has 3 saturated carbocycles. The van der Waals surface area contributed by atoms with Gasteiger partial charge in [0.25, 0.3) is 0 Å². The van der Waals surface area contributed by atoms with Crippen LogP contribution in [0.25, 0.3) is 0 Å². The minimum absolute atomic E-state index is 0.0211. The lowest BCUT2D eigenvalue weighted by Crippen LogP contribution is -2.63. The number of hydrogen-bond donors (Lipinski definition) is 3. The normalized spacial score (nSPS) is 45.1. The largest absolute Gasteiger partial charge is 0.392 e. The van der Waals surface area contributed by atoms with Crippen molar-refractivity contribution >= 4 is 17.3 Å². The van der Waals surface area contributed by atoms with Gasteiger partial charge in [0.1, 0.15) is 18.0 Å². The van der Waals surface area contributed by atoms with Crippen molar-refractivity contribution in [2.45, 2.75) is 76.9 Å². The van der Waals surface area contributed by atoms with Crippen LogP contribution in [-0.4, -0.2) is 51.0 Å². The molecule has 0 amide bonds. The van der Waals surface area contributed by atoms with Crippen molar-refractivity contribution < 1.29 is 29.7 Å². The minimum Gasteiger partial charge on any atom is -0.392 e. The lowest BCUT2D eigenvalue weighted by Gasteiger charge is -2.59. The number of carbonyl (C=O) groups excluding carboxylic acids is 3. The van der Waals surface area contributed by atoms with E-state index in [0.717, 1.165) is 12.0 Å². The van der Waals surface area contributed by atoms with Crippen LogP contribution in [0.3, 0.4) is 0 Å². The third-order valence-electron chi connectivity index (χ3n) is 9.02. The van der Waals surface area contributed by atoms with Gasteiger partial charge in [0.15, 0.2) is 11.6 Å². The molecule has 29 heavy (non-hydrogen) atoms. The summed E-state index contributed by atoms with van der Waals surface area (Å²) in [7, 11) is 0. The van der Waals surface area contributed by atoms with E-state index in [2.05, 4.69) is 0 Å². The first-order chi connectivity index (χ1) is 13.7. The van der Waals surface area contributed by atoms with Crippen molar-refractivity contribution in [1.82, 2.24) is 0 Å². The fourth-order valence-electron chi connectivity index (χ4n) is 7.63. The molecule has 0 heterocycles. The van der Waals surface area contributed by atoms with Crippen LogP contribution in [0.5, 0.6) is 0 Å². The Kier molecular flexibility index (Phi) is 4.91. The standard InChI is InChI=1S/C23H32O6/c1-3-18(27)22-8-6-14(25)10-13(22)4-5-15-16-7-9-23(29,19(28)12-24)21(16,2)11-17(26)20(15)22/h10,15-16,18,20,24,27,29H,3-9,11-12H2,1-2H3/t15-,16-,18?,20+,21-,22-,23-/m0/s1. The summed E-state index contributed by atoms with van der Waals surface area (Å²) in [5.74, 6) is -0.993. The first-order valence-electron chi connectivity index (χ1n) is 11.0. The second-order valence-corrected chi connectivity index (χ2v) is 9.93. The highest BCUT2D eigenvalue weighted by molar-refractivity contribution is 5.94. The van der Waals surface area contributed by atoms with Gasteiger partial charge in [-0.15, -0.1) is 0 Å². The van der Waals surface area contributed by atoms with Crippen LogP contribution in [0.15, 0.2) is 11.6 Å². The smallest absolute Gasteiger partial charge is 0.190 e. The molecule has 0 spiro atoms. The van der Waals surface area contributed by atoms with Gasteiger partial charge < -0.3 is 15.3 Å². The third kappa shape index (κ3) is 2.55. The number of Topliss-reactive ketones (excluding diaryl/α,β-unsaturated/α-hetero) is 2. The first kappa shape index (κ1) is 20.9. The molecule has 1 unspecified atom stereocenters. The maximum atomic E-state index is 13.6. The van der Waals surface area contributed by atoms with Gasteiger partial charge in [-0.05, 0) is 56.4 Å². The zero-order valence-electron chi connectivity index (χ0n) is 17.3. The predicted octanol–water partition coefficient (Wildman–Crippen LogP) is 1.74. The Morgan fingerprint density at radius 2 is 1.97 bits per heavy atom. The van der Waals surface area contributed by atoms with Gasteiger partial charge in [0.05, 0.1) is 6.10 Å². The Morgan fingerprint density at radius 3 is 2.62 bits per heavy atom. The number of ketones is 3. The number of aliphatic hydroxyl groups excluding tert-OH is 2. The number of aliphatic hydroxyl groups is 3. The van der Waals surface area contributed by atoms with E-state index >= 15 is 0 Å². The second kappa shape index (κ2) is 6.82. The van der Waals surface area contributed by atoms with E-state index in [9.17, 15) is 29.7 Å². The molecule has 4 aliphatic carbocycles. The summed E-state index contributed by atoms with van der Waals surface area (Å²) in [6, 6.07) is 0. The van der Waals surface area contributed by atoms with Gasteiger partial charge in [-0.2, -0.15) is 0 Å². The molecule has 6 heteroatoms. The van der Waals surface area contributed by atoms with Crippen LogP contribution in [0.2, 0.25) is 0 Å². The third-order valence-corrected chi connectivity index (χ3v) is 9.02. The van der Waals surface area contributed by atoms with E-state index in [0.29, 0.717) is 32.1 Å². The minimum atomic E-state index is -1.68. The molecule has 0 bridgehead atoms. The van der Waals surface area contributed by atoms with Crippen molar-refractivity contribution in [3.63, 3.8) is 0 Å². The SMILES string of the molecule is CCC(O)[C@]12CCC(=O)C=C1CC[C@@H]1[C@@H]2C(=O)C[C@@]2(C)[C@H]1CC[C@]2(O)C(=O)CO. The lowest BCUT2D eigenvalue weighted by atomic mass is 9.44. The molecule has 0 radical (unpaired) electrons. The molecule has 4 aliphatic rings. The van der Waals surface area contributed by atoms with Crippen LogP contribution in [0.1, 0.15) is 65.2 Å². The molecule has 7 atom stereocenters. The fraction of sp³-hybridized carbons (Fsp3) is 0.783. The van der Waals surface area contributed by atoms with Gasteiger partial charge >= 0.3 is 0 Å². The molecular formula is C23H32O6. The molecule has 160 valence electrons. The Labute approximate surface area is 171 Å². The van der Waals surface area contributed by atoms with E-state index in [1.54, 1.807) is 6.08 Å². The van der Waals surface area contributed by atoms with Crippen molar-refractivity contribution in [3.05, 3.63) is 11.6 Å². The molecule has 3 N–H and O–H groups in total. The molecule has 3 fully saturated rings. The van der Waals surface area contributed by atoms with Crippen molar-refractivity contribution in [2.24, 2.45) is 28.6 Å². The summed E-state index contributed by atoms with van der Waals surface area (Å²) in [5.41, 5.74) is -2.36. The summed E-state index contributed by atoms with van der Waals surface area (Å²) >= 11 is 0. The monoisotopic (exact) mass is 404 g/mol. The maximum Gasteiger partial charge on any atom is 0.190 e. The summed E-state index contributed by atoms with van der Waals surface area (Å²) in [6.45, 7) is 3.00. The average molecular weight is 405 g/mol. The maximum absolute atomic E-state index is 13.6. The second-order valence-electron chi connectivity index (χ2n) is 9.93. The summed E-state index contributed by atoms with van der Waals surface area (Å²) in [5, 5.41) is 31.8. The van der Waals surface area contributed by atoms with E-state index < -0.39 is 34.9 Å². The number of rotatable bonds is 4. The Morgan fingerprint density at radius 1 is 1.24 bits per heavy atom. The van der Waals surface area contributed by atoms with Crippen molar-refractivity contribution in [3.8, 4) is 0 Å². The van der Waals surface area contributed by atoms with Crippen LogP contribution in [-0.2, 0) is 14.4 Å². The van der Waals surface area contributed by atoms with Crippen LogP contribution >= 0.6 is 0 Å². The Hall–Kier alpha value is -1.37. The molecule has 0 aromatic heterocycles. The molecular weight excluding hydrogens is 372 g/mol. The van der Waals surface area contributed by atoms with Crippen LogP contribution in [0, 0.1) is 28.6 Å². The van der Waals surface area contributed by atoms with Gasteiger partial charge in [-0.25, -0.2) is 0 Å². The fourth-order valence-corrected chi connectivity index (χ4v) is 7.63.